The monoisotopic (exact) mass is 230 g/mol. The van der Waals surface area contributed by atoms with Crippen LogP contribution in [-0.2, 0) is 6.54 Å². The summed E-state index contributed by atoms with van der Waals surface area (Å²) in [4.78, 5) is 11.7. The Kier molecular flexibility index (Phi) is 4.17. The van der Waals surface area contributed by atoms with Crippen LogP contribution < -0.4 is 5.32 Å². The molecule has 2 N–H and O–H groups in total. The summed E-state index contributed by atoms with van der Waals surface area (Å²) >= 11 is 5.81. The first-order valence-electron chi connectivity index (χ1n) is 4.85. The minimum atomic E-state index is -0.253. The number of aliphatic hydroxyl groups is 1. The fraction of sp³-hybridized carbons (Fsp3) is 0.500. The molecule has 0 bridgehead atoms. The number of amides is 1. The summed E-state index contributed by atoms with van der Waals surface area (Å²) in [6, 6.07) is 1.36. The van der Waals surface area contributed by atoms with Crippen molar-refractivity contribution in [1.29, 1.82) is 0 Å². The summed E-state index contributed by atoms with van der Waals surface area (Å²) in [7, 11) is 0. The number of aliphatic hydroxyl groups excluding tert-OH is 1. The highest BCUT2D eigenvalue weighted by Gasteiger charge is 2.13. The molecule has 1 rings (SSSR count). The van der Waals surface area contributed by atoms with Gasteiger partial charge in [0, 0.05) is 18.8 Å². The highest BCUT2D eigenvalue weighted by molar-refractivity contribution is 6.31. The van der Waals surface area contributed by atoms with Crippen molar-refractivity contribution in [3.63, 3.8) is 0 Å². The van der Waals surface area contributed by atoms with Crippen LogP contribution in [0.5, 0.6) is 0 Å². The standard InChI is InChI=1S/C10H15ClN2O2/c1-3-13-5-8(11)4-9(13)10(15)12-7(2)6-14/h4-5,7,14H,3,6H2,1-2H3,(H,12,15). The van der Waals surface area contributed by atoms with Crippen LogP contribution in [0.15, 0.2) is 12.3 Å². The zero-order chi connectivity index (χ0) is 11.4. The molecule has 5 heteroatoms. The number of aromatic nitrogens is 1. The summed E-state index contributed by atoms with van der Waals surface area (Å²) in [5.41, 5.74) is 0.516. The molecule has 0 radical (unpaired) electrons. The minimum Gasteiger partial charge on any atom is -0.394 e. The van der Waals surface area contributed by atoms with Crippen LogP contribution in [-0.4, -0.2) is 28.2 Å². The van der Waals surface area contributed by atoms with E-state index in [1.807, 2.05) is 6.92 Å². The first kappa shape index (κ1) is 12.1. The van der Waals surface area contributed by atoms with Gasteiger partial charge in [0.2, 0.25) is 0 Å². The Hall–Kier alpha value is -1.00. The molecule has 1 atom stereocenters. The molecule has 0 saturated heterocycles. The smallest absolute Gasteiger partial charge is 0.268 e. The third-order valence-corrected chi connectivity index (χ3v) is 2.29. The second-order valence-electron chi connectivity index (χ2n) is 3.39. The van der Waals surface area contributed by atoms with Crippen molar-refractivity contribution in [2.45, 2.75) is 26.4 Å². The van der Waals surface area contributed by atoms with Gasteiger partial charge < -0.3 is 15.0 Å². The lowest BCUT2D eigenvalue weighted by atomic mass is 10.3. The van der Waals surface area contributed by atoms with Crippen LogP contribution in [0.4, 0.5) is 0 Å². The molecule has 0 saturated carbocycles. The fourth-order valence-corrected chi connectivity index (χ4v) is 1.49. The predicted molar refractivity (Wildman–Crippen MR) is 59.1 cm³/mol. The van der Waals surface area contributed by atoms with Gasteiger partial charge in [-0.1, -0.05) is 11.6 Å². The normalized spacial score (nSPS) is 12.5. The molecule has 0 aliphatic carbocycles. The largest absolute Gasteiger partial charge is 0.394 e. The van der Waals surface area contributed by atoms with Crippen LogP contribution in [0.1, 0.15) is 24.3 Å². The lowest BCUT2D eigenvalue weighted by molar-refractivity contribution is 0.0913. The molecule has 1 unspecified atom stereocenters. The van der Waals surface area contributed by atoms with Gasteiger partial charge in [0.25, 0.3) is 5.91 Å². The number of nitrogens with one attached hydrogen (secondary N) is 1. The van der Waals surface area contributed by atoms with E-state index in [4.69, 9.17) is 16.7 Å². The Morgan fingerprint density at radius 3 is 2.93 bits per heavy atom. The zero-order valence-corrected chi connectivity index (χ0v) is 9.58. The topological polar surface area (TPSA) is 54.3 Å². The highest BCUT2D eigenvalue weighted by atomic mass is 35.5. The summed E-state index contributed by atoms with van der Waals surface area (Å²) in [5.74, 6) is -0.217. The number of rotatable bonds is 4. The van der Waals surface area contributed by atoms with E-state index >= 15 is 0 Å². The van der Waals surface area contributed by atoms with Gasteiger partial charge in [-0.05, 0) is 19.9 Å². The van der Waals surface area contributed by atoms with Crippen molar-refractivity contribution < 1.29 is 9.90 Å². The molecule has 0 fully saturated rings. The van der Waals surface area contributed by atoms with Crippen molar-refractivity contribution in [1.82, 2.24) is 9.88 Å². The number of nitrogens with zero attached hydrogens (tertiary/aromatic N) is 1. The number of halogens is 1. The minimum absolute atomic E-state index is 0.0771. The Morgan fingerprint density at radius 2 is 2.40 bits per heavy atom. The summed E-state index contributed by atoms with van der Waals surface area (Å²) in [5, 5.41) is 12.0. The first-order chi connectivity index (χ1) is 7.08. The fourth-order valence-electron chi connectivity index (χ4n) is 1.27. The van der Waals surface area contributed by atoms with Crippen LogP contribution in [0.2, 0.25) is 5.02 Å². The Morgan fingerprint density at radius 1 is 1.73 bits per heavy atom. The summed E-state index contributed by atoms with van der Waals surface area (Å²) in [6.45, 7) is 4.27. The van der Waals surface area contributed by atoms with Crippen molar-refractivity contribution in [2.75, 3.05) is 6.61 Å². The van der Waals surface area contributed by atoms with Crippen LogP contribution in [0.25, 0.3) is 0 Å². The van der Waals surface area contributed by atoms with Gasteiger partial charge >= 0.3 is 0 Å². The SMILES string of the molecule is CCn1cc(Cl)cc1C(=O)NC(C)CO. The molecule has 84 valence electrons. The molecule has 1 aromatic rings. The van der Waals surface area contributed by atoms with Gasteiger partial charge in [0.15, 0.2) is 0 Å². The number of carbonyl (C=O) groups excluding carboxylic acids is 1. The lowest BCUT2D eigenvalue weighted by Crippen LogP contribution is -2.36. The van der Waals surface area contributed by atoms with Crippen molar-refractivity contribution in [3.8, 4) is 0 Å². The van der Waals surface area contributed by atoms with Gasteiger partial charge in [0.05, 0.1) is 11.6 Å². The van der Waals surface area contributed by atoms with Crippen LogP contribution in [0.3, 0.4) is 0 Å². The number of hydrogen-bond donors (Lipinski definition) is 2. The molecule has 1 amide bonds. The number of aryl methyl sites for hydroxylation is 1. The van der Waals surface area contributed by atoms with E-state index in [2.05, 4.69) is 5.32 Å². The second-order valence-corrected chi connectivity index (χ2v) is 3.82. The van der Waals surface area contributed by atoms with E-state index in [1.54, 1.807) is 23.8 Å². The highest BCUT2D eigenvalue weighted by Crippen LogP contribution is 2.14. The van der Waals surface area contributed by atoms with Gasteiger partial charge in [-0.2, -0.15) is 0 Å². The van der Waals surface area contributed by atoms with E-state index in [9.17, 15) is 4.79 Å². The van der Waals surface area contributed by atoms with Crippen molar-refractivity contribution >= 4 is 17.5 Å². The molecular formula is C10H15ClN2O2. The van der Waals surface area contributed by atoms with Crippen molar-refractivity contribution in [2.24, 2.45) is 0 Å². The Bertz CT molecular complexity index is 349. The van der Waals surface area contributed by atoms with Crippen LogP contribution >= 0.6 is 11.6 Å². The zero-order valence-electron chi connectivity index (χ0n) is 8.83. The maximum atomic E-state index is 11.7. The Labute approximate surface area is 93.8 Å². The number of hydrogen-bond acceptors (Lipinski definition) is 2. The second kappa shape index (κ2) is 5.19. The quantitative estimate of drug-likeness (QED) is 0.819. The number of carbonyl (C=O) groups is 1. The molecule has 0 aliphatic heterocycles. The van der Waals surface area contributed by atoms with Gasteiger partial charge in [-0.3, -0.25) is 4.79 Å². The molecule has 0 aromatic carbocycles. The van der Waals surface area contributed by atoms with E-state index in [0.29, 0.717) is 17.3 Å². The van der Waals surface area contributed by atoms with Crippen LogP contribution in [0, 0.1) is 0 Å². The first-order valence-corrected chi connectivity index (χ1v) is 5.23. The molecule has 1 aromatic heterocycles. The molecule has 1 heterocycles. The Balaban J connectivity index is 2.81. The average molecular weight is 231 g/mol. The van der Waals surface area contributed by atoms with Gasteiger partial charge in [-0.25, -0.2) is 0 Å². The van der Waals surface area contributed by atoms with E-state index < -0.39 is 0 Å². The summed E-state index contributed by atoms with van der Waals surface area (Å²) in [6.07, 6.45) is 1.71. The third kappa shape index (κ3) is 2.97. The lowest BCUT2D eigenvalue weighted by Gasteiger charge is -2.11. The van der Waals surface area contributed by atoms with E-state index in [1.165, 1.54) is 0 Å². The molecule has 0 spiro atoms. The maximum Gasteiger partial charge on any atom is 0.268 e. The average Bonchev–Trinajstić information content (AvgIpc) is 2.59. The van der Waals surface area contributed by atoms with Crippen molar-refractivity contribution in [3.05, 3.63) is 23.0 Å². The molecule has 0 aliphatic rings. The van der Waals surface area contributed by atoms with Gasteiger partial charge in [0.1, 0.15) is 5.69 Å². The summed E-state index contributed by atoms with van der Waals surface area (Å²) < 4.78 is 1.77. The molecular weight excluding hydrogens is 216 g/mol. The third-order valence-electron chi connectivity index (χ3n) is 2.09. The maximum absolute atomic E-state index is 11.7. The molecule has 15 heavy (non-hydrogen) atoms. The van der Waals surface area contributed by atoms with E-state index in [-0.39, 0.29) is 18.6 Å². The van der Waals surface area contributed by atoms with E-state index in [0.717, 1.165) is 0 Å². The van der Waals surface area contributed by atoms with Gasteiger partial charge in [-0.15, -0.1) is 0 Å². The predicted octanol–water partition coefficient (Wildman–Crippen LogP) is 1.27. The molecule has 4 nitrogen and oxygen atoms in total.